The van der Waals surface area contributed by atoms with E-state index in [1.807, 2.05) is 0 Å². The van der Waals surface area contributed by atoms with E-state index in [0.717, 1.165) is 12.1 Å². The normalized spacial score (nSPS) is 25.2. The first-order valence-corrected chi connectivity index (χ1v) is 9.80. The van der Waals surface area contributed by atoms with Crippen molar-refractivity contribution in [1.82, 2.24) is 0 Å². The summed E-state index contributed by atoms with van der Waals surface area (Å²) < 4.78 is 15.6. The summed E-state index contributed by atoms with van der Waals surface area (Å²) in [6, 6.07) is 7.63. The Bertz CT molecular complexity index is 1020. The summed E-state index contributed by atoms with van der Waals surface area (Å²) >= 11 is 11.9. The second kappa shape index (κ2) is 9.96. The molecule has 172 valence electrons. The molecule has 1 aliphatic rings. The third-order valence-corrected chi connectivity index (χ3v) is 5.11. The summed E-state index contributed by atoms with van der Waals surface area (Å²) in [4.78, 5) is 23.2. The Morgan fingerprint density at radius 3 is 2.44 bits per heavy atom. The molecule has 1 saturated heterocycles. The van der Waals surface area contributed by atoms with E-state index in [2.05, 4.69) is 0 Å². The number of carbonyl (C=O) groups excluding carboxylic acids is 1. The van der Waals surface area contributed by atoms with E-state index in [1.165, 1.54) is 24.3 Å². The van der Waals surface area contributed by atoms with Crippen molar-refractivity contribution in [3.63, 3.8) is 0 Å². The Kier molecular flexibility index (Phi) is 7.51. The van der Waals surface area contributed by atoms with E-state index in [9.17, 15) is 35.3 Å². The molecular weight excluding hydrogens is 473 g/mol. The fraction of sp³-hybridized carbons (Fsp3) is 0.316. The van der Waals surface area contributed by atoms with Gasteiger partial charge in [0.05, 0.1) is 16.6 Å². The molecule has 0 aliphatic carbocycles. The maximum absolute atomic E-state index is 12.7. The molecule has 13 heteroatoms. The summed E-state index contributed by atoms with van der Waals surface area (Å²) in [6.45, 7) is -0.746. The molecule has 0 aromatic heterocycles. The lowest BCUT2D eigenvalue weighted by atomic mass is 9.99. The van der Waals surface area contributed by atoms with Crippen molar-refractivity contribution >= 4 is 34.9 Å². The second-order valence-corrected chi connectivity index (χ2v) is 7.56. The van der Waals surface area contributed by atoms with Crippen LogP contribution in [0.15, 0.2) is 36.4 Å². The van der Waals surface area contributed by atoms with Crippen LogP contribution in [0.1, 0.15) is 10.4 Å². The van der Waals surface area contributed by atoms with Crippen LogP contribution in [0.2, 0.25) is 10.0 Å². The van der Waals surface area contributed by atoms with E-state index in [4.69, 9.17) is 37.4 Å². The molecule has 1 aliphatic heterocycles. The van der Waals surface area contributed by atoms with Crippen LogP contribution in [-0.4, -0.2) is 68.6 Å². The lowest BCUT2D eigenvalue weighted by Crippen LogP contribution is -2.59. The molecule has 0 radical (unpaired) electrons. The van der Waals surface area contributed by atoms with E-state index in [-0.39, 0.29) is 16.5 Å². The van der Waals surface area contributed by atoms with Crippen LogP contribution in [0.5, 0.6) is 11.5 Å². The molecule has 3 rings (SSSR count). The summed E-state index contributed by atoms with van der Waals surface area (Å²) in [6.07, 6.45) is -8.48. The number of rotatable bonds is 6. The van der Waals surface area contributed by atoms with Crippen molar-refractivity contribution in [2.45, 2.75) is 30.7 Å². The average Bonchev–Trinajstić information content (AvgIpc) is 2.75. The van der Waals surface area contributed by atoms with Crippen molar-refractivity contribution in [2.24, 2.45) is 0 Å². The summed E-state index contributed by atoms with van der Waals surface area (Å²) in [5.41, 5.74) is -1.18. The fourth-order valence-electron chi connectivity index (χ4n) is 2.92. The number of halogens is 2. The SMILES string of the molecule is O=C(O[C@H]1O[C@H](CO)[C@@H](O)[C@H](O)[C@H]1O)c1cc(Oc2ccc(Cl)cc2Cl)ccc1[N+](=O)[O-]. The maximum Gasteiger partial charge on any atom is 0.347 e. The zero-order valence-electron chi connectivity index (χ0n) is 16.0. The van der Waals surface area contributed by atoms with E-state index in [1.54, 1.807) is 0 Å². The molecule has 0 spiro atoms. The van der Waals surface area contributed by atoms with Gasteiger partial charge in [0.2, 0.25) is 6.29 Å². The van der Waals surface area contributed by atoms with Crippen molar-refractivity contribution < 1.29 is 44.4 Å². The number of esters is 1. The number of hydrogen-bond acceptors (Lipinski definition) is 10. The lowest BCUT2D eigenvalue weighted by molar-refractivity contribution is -0.385. The first-order chi connectivity index (χ1) is 15.1. The van der Waals surface area contributed by atoms with Gasteiger partial charge >= 0.3 is 5.97 Å². The summed E-state index contributed by atoms with van der Waals surface area (Å²) in [5, 5.41) is 50.7. The van der Waals surface area contributed by atoms with Crippen molar-refractivity contribution in [2.75, 3.05) is 6.61 Å². The van der Waals surface area contributed by atoms with E-state index >= 15 is 0 Å². The van der Waals surface area contributed by atoms with Gasteiger partial charge in [-0.25, -0.2) is 4.79 Å². The summed E-state index contributed by atoms with van der Waals surface area (Å²) in [5.74, 6) is -1.12. The van der Waals surface area contributed by atoms with Gasteiger partial charge in [0.1, 0.15) is 41.5 Å². The van der Waals surface area contributed by atoms with Crippen LogP contribution in [0.25, 0.3) is 0 Å². The molecule has 4 N–H and O–H groups in total. The topological polar surface area (TPSA) is 169 Å². The minimum absolute atomic E-state index is 0.000533. The Balaban J connectivity index is 1.87. The van der Waals surface area contributed by atoms with Crippen molar-refractivity contribution in [1.29, 1.82) is 0 Å². The largest absolute Gasteiger partial charge is 0.456 e. The number of nitrogens with zero attached hydrogens (tertiary/aromatic N) is 1. The molecule has 1 fully saturated rings. The van der Waals surface area contributed by atoms with Crippen LogP contribution in [-0.2, 0) is 9.47 Å². The minimum Gasteiger partial charge on any atom is -0.456 e. The molecular formula is C19H17Cl2NO10. The third kappa shape index (κ3) is 5.10. The molecule has 0 saturated carbocycles. The van der Waals surface area contributed by atoms with Gasteiger partial charge in [0.15, 0.2) is 0 Å². The van der Waals surface area contributed by atoms with E-state index < -0.39 is 59.5 Å². The molecule has 11 nitrogen and oxygen atoms in total. The number of nitro groups is 1. The Hall–Kier alpha value is -2.51. The van der Waals surface area contributed by atoms with Crippen LogP contribution in [0.3, 0.4) is 0 Å². The molecule has 1 heterocycles. The Morgan fingerprint density at radius 2 is 1.81 bits per heavy atom. The molecule has 5 atom stereocenters. The second-order valence-electron chi connectivity index (χ2n) is 6.72. The highest BCUT2D eigenvalue weighted by Gasteiger charge is 2.45. The number of nitro benzene ring substituents is 1. The predicted octanol–water partition coefficient (Wildman–Crippen LogP) is 1.65. The third-order valence-electron chi connectivity index (χ3n) is 4.58. The first-order valence-electron chi connectivity index (χ1n) is 9.05. The number of carbonyl (C=O) groups is 1. The lowest BCUT2D eigenvalue weighted by Gasteiger charge is -2.39. The zero-order chi connectivity index (χ0) is 23.6. The fourth-order valence-corrected chi connectivity index (χ4v) is 3.37. The van der Waals surface area contributed by atoms with Gasteiger partial charge < -0.3 is 34.6 Å². The zero-order valence-corrected chi connectivity index (χ0v) is 17.5. The van der Waals surface area contributed by atoms with Gasteiger partial charge in [-0.05, 0) is 24.3 Å². The van der Waals surface area contributed by atoms with Crippen LogP contribution in [0, 0.1) is 10.1 Å². The molecule has 0 amide bonds. The van der Waals surface area contributed by atoms with Gasteiger partial charge in [-0.3, -0.25) is 10.1 Å². The molecule has 0 bridgehead atoms. The van der Waals surface area contributed by atoms with Gasteiger partial charge in [0.25, 0.3) is 5.69 Å². The molecule has 0 unspecified atom stereocenters. The number of ether oxygens (including phenoxy) is 3. The number of hydrogen-bond donors (Lipinski definition) is 4. The van der Waals surface area contributed by atoms with Crippen LogP contribution < -0.4 is 4.74 Å². The highest BCUT2D eigenvalue weighted by atomic mass is 35.5. The smallest absolute Gasteiger partial charge is 0.347 e. The highest BCUT2D eigenvalue weighted by Crippen LogP contribution is 2.34. The number of benzene rings is 2. The van der Waals surface area contributed by atoms with E-state index in [0.29, 0.717) is 5.02 Å². The Morgan fingerprint density at radius 1 is 1.09 bits per heavy atom. The quantitative estimate of drug-likeness (QED) is 0.265. The minimum atomic E-state index is -1.87. The molecule has 32 heavy (non-hydrogen) atoms. The maximum atomic E-state index is 12.7. The number of aliphatic hydroxyl groups excluding tert-OH is 4. The van der Waals surface area contributed by atoms with Crippen LogP contribution >= 0.6 is 23.2 Å². The predicted molar refractivity (Wildman–Crippen MR) is 109 cm³/mol. The van der Waals surface area contributed by atoms with Crippen molar-refractivity contribution in [3.05, 3.63) is 62.1 Å². The van der Waals surface area contributed by atoms with Gasteiger partial charge in [-0.15, -0.1) is 0 Å². The molecule has 2 aromatic carbocycles. The van der Waals surface area contributed by atoms with Gasteiger partial charge in [0, 0.05) is 17.2 Å². The number of aliphatic hydroxyl groups is 4. The molecule has 2 aromatic rings. The summed E-state index contributed by atoms with van der Waals surface area (Å²) in [7, 11) is 0. The van der Waals surface area contributed by atoms with Crippen LogP contribution in [0.4, 0.5) is 5.69 Å². The average molecular weight is 490 g/mol. The van der Waals surface area contributed by atoms with Gasteiger partial charge in [-0.2, -0.15) is 0 Å². The van der Waals surface area contributed by atoms with Crippen molar-refractivity contribution in [3.8, 4) is 11.5 Å². The monoisotopic (exact) mass is 489 g/mol. The Labute approximate surface area is 190 Å². The first kappa shape index (κ1) is 24.1. The van der Waals surface area contributed by atoms with Gasteiger partial charge in [-0.1, -0.05) is 23.2 Å². The highest BCUT2D eigenvalue weighted by molar-refractivity contribution is 6.35. The standard InChI is InChI=1S/C19H17Cl2NO10/c20-8-1-4-13(11(21)5-8)30-9-2-3-12(22(28)29)10(6-9)18(27)32-19-17(26)16(25)15(24)14(7-23)31-19/h1-6,14-17,19,23-26H,7H2/t14-,15-,16+,17-,19-/m1/s1.